The number of allylic oxidation sites excluding steroid dienone is 1. The van der Waals surface area contributed by atoms with E-state index in [0.29, 0.717) is 25.0 Å². The van der Waals surface area contributed by atoms with Crippen LogP contribution < -0.4 is 16.8 Å². The number of hydrogen-bond donors (Lipinski definition) is 3. The van der Waals surface area contributed by atoms with Crippen molar-refractivity contribution in [3.05, 3.63) is 11.3 Å². The fourth-order valence-electron chi connectivity index (χ4n) is 8.25. The Morgan fingerprint density at radius 2 is 1.68 bits per heavy atom. The first-order chi connectivity index (χ1) is 14.3. The number of hydrogen-bond acceptors (Lipinski definition) is 4. The lowest BCUT2D eigenvalue weighted by atomic mass is 9.40. The van der Waals surface area contributed by atoms with Crippen molar-refractivity contribution in [2.24, 2.45) is 45.5 Å². The normalized spacial score (nSPS) is 42.5. The topological polar surface area (TPSA) is 115 Å². The maximum atomic E-state index is 13.3. The van der Waals surface area contributed by atoms with Crippen molar-refractivity contribution in [2.75, 3.05) is 0 Å². The van der Waals surface area contributed by atoms with E-state index in [1.54, 1.807) is 0 Å². The summed E-state index contributed by atoms with van der Waals surface area (Å²) < 4.78 is 0. The zero-order valence-corrected chi connectivity index (χ0v) is 19.8. The van der Waals surface area contributed by atoms with Crippen molar-refractivity contribution in [2.45, 2.75) is 91.5 Å². The van der Waals surface area contributed by atoms with E-state index in [-0.39, 0.29) is 51.7 Å². The molecule has 2 amide bonds. The van der Waals surface area contributed by atoms with Crippen molar-refractivity contribution < 1.29 is 14.4 Å². The summed E-state index contributed by atoms with van der Waals surface area (Å²) in [5, 5.41) is 3.18. The van der Waals surface area contributed by atoms with Crippen LogP contribution in [0.1, 0.15) is 86.0 Å². The van der Waals surface area contributed by atoms with Gasteiger partial charge in [0.25, 0.3) is 0 Å². The van der Waals surface area contributed by atoms with Gasteiger partial charge < -0.3 is 16.8 Å². The van der Waals surface area contributed by atoms with Gasteiger partial charge in [0.05, 0.1) is 11.1 Å². The minimum absolute atomic E-state index is 0.0412. The molecule has 3 fully saturated rings. The fraction of sp³-hybridized carbons (Fsp3) is 0.800. The molecular formula is C25H39N3O3. The van der Waals surface area contributed by atoms with Crippen LogP contribution >= 0.6 is 0 Å². The van der Waals surface area contributed by atoms with E-state index in [1.165, 1.54) is 0 Å². The first-order valence-corrected chi connectivity index (χ1v) is 11.9. The van der Waals surface area contributed by atoms with E-state index < -0.39 is 5.41 Å². The molecule has 1 unspecified atom stereocenters. The summed E-state index contributed by atoms with van der Waals surface area (Å²) in [6, 6.07) is 0. The lowest BCUT2D eigenvalue weighted by molar-refractivity contribution is -0.166. The Bertz CT molecular complexity index is 872. The summed E-state index contributed by atoms with van der Waals surface area (Å²) in [6.07, 6.45) is 5.85. The first-order valence-electron chi connectivity index (χ1n) is 11.9. The number of carbonyl (C=O) groups excluding carboxylic acids is 3. The molecule has 4 aliphatic carbocycles. The molecular weight excluding hydrogens is 390 g/mol. The highest BCUT2D eigenvalue weighted by atomic mass is 16.2. The van der Waals surface area contributed by atoms with Gasteiger partial charge in [0.2, 0.25) is 11.8 Å². The number of nitrogens with two attached hydrogens (primary N) is 2. The second-order valence-electron chi connectivity index (χ2n) is 12.2. The number of carbonyl (C=O) groups is 3. The molecule has 0 aliphatic heterocycles. The number of fused-ring (bicyclic) bond motifs is 5. The Balaban J connectivity index is 1.75. The van der Waals surface area contributed by atoms with Crippen molar-refractivity contribution in [3.63, 3.8) is 0 Å². The highest BCUT2D eigenvalue weighted by Crippen LogP contribution is 2.71. The third-order valence-electron chi connectivity index (χ3n) is 9.57. The molecule has 6 nitrogen and oxygen atoms in total. The lowest BCUT2D eigenvalue weighted by Gasteiger charge is -2.63. The van der Waals surface area contributed by atoms with Gasteiger partial charge in [0.15, 0.2) is 5.78 Å². The van der Waals surface area contributed by atoms with Gasteiger partial charge in [-0.05, 0) is 94.0 Å². The summed E-state index contributed by atoms with van der Waals surface area (Å²) in [5.74, 6) is -0.0116. The molecule has 0 radical (unpaired) electrons. The van der Waals surface area contributed by atoms with Gasteiger partial charge in [-0.3, -0.25) is 14.4 Å². The van der Waals surface area contributed by atoms with Crippen LogP contribution in [0.5, 0.6) is 0 Å². The minimum atomic E-state index is -0.636. The van der Waals surface area contributed by atoms with Gasteiger partial charge in [-0.2, -0.15) is 0 Å². The average molecular weight is 430 g/mol. The van der Waals surface area contributed by atoms with Crippen molar-refractivity contribution in [1.29, 1.82) is 0 Å². The Hall–Kier alpha value is -1.85. The van der Waals surface area contributed by atoms with Gasteiger partial charge in [-0.15, -0.1) is 0 Å². The SMILES string of the molecule is CC(C)(C)NC(=O)C1CC[C@H]2[C@]3(C(N)=O)CCC4=C(N)C(=O)CC[C@]4(C)[C@@H]3CC[C@]12C. The van der Waals surface area contributed by atoms with Gasteiger partial charge in [0.1, 0.15) is 0 Å². The average Bonchev–Trinajstić information content (AvgIpc) is 3.01. The molecule has 6 atom stereocenters. The number of amides is 2. The largest absolute Gasteiger partial charge is 0.396 e. The molecule has 0 saturated heterocycles. The molecule has 0 aromatic rings. The monoisotopic (exact) mass is 429 g/mol. The molecule has 4 aliphatic rings. The van der Waals surface area contributed by atoms with Crippen molar-refractivity contribution in [1.82, 2.24) is 5.32 Å². The number of nitrogens with one attached hydrogen (secondary N) is 1. The molecule has 0 aromatic heterocycles. The fourth-order valence-corrected chi connectivity index (χ4v) is 8.25. The zero-order chi connectivity index (χ0) is 23.0. The minimum Gasteiger partial charge on any atom is -0.396 e. The van der Waals surface area contributed by atoms with Gasteiger partial charge in [0, 0.05) is 17.9 Å². The maximum absolute atomic E-state index is 13.3. The predicted octanol–water partition coefficient (Wildman–Crippen LogP) is 3.19. The second-order valence-corrected chi connectivity index (χ2v) is 12.2. The Morgan fingerprint density at radius 3 is 2.29 bits per heavy atom. The molecule has 3 saturated carbocycles. The highest BCUT2D eigenvalue weighted by Gasteiger charge is 2.69. The van der Waals surface area contributed by atoms with Crippen LogP contribution in [0.4, 0.5) is 0 Å². The molecule has 0 aromatic carbocycles. The van der Waals surface area contributed by atoms with Crippen LogP contribution in [0.25, 0.3) is 0 Å². The zero-order valence-electron chi connectivity index (χ0n) is 19.8. The maximum Gasteiger partial charge on any atom is 0.224 e. The molecule has 0 heterocycles. The number of ketones is 1. The number of Topliss-reactive ketones (excluding diaryl/α,β-unsaturated/α-hetero) is 1. The molecule has 4 rings (SSSR count). The molecule has 31 heavy (non-hydrogen) atoms. The van der Waals surface area contributed by atoms with Gasteiger partial charge >= 0.3 is 0 Å². The summed E-state index contributed by atoms with van der Waals surface area (Å²) in [6.45, 7) is 10.4. The summed E-state index contributed by atoms with van der Waals surface area (Å²) in [5.41, 5.74) is 12.6. The third kappa shape index (κ3) is 3.00. The first kappa shape index (κ1) is 22.3. The highest BCUT2D eigenvalue weighted by molar-refractivity contribution is 5.96. The van der Waals surface area contributed by atoms with E-state index >= 15 is 0 Å². The van der Waals surface area contributed by atoms with Crippen molar-refractivity contribution >= 4 is 17.6 Å². The third-order valence-corrected chi connectivity index (χ3v) is 9.57. The van der Waals surface area contributed by atoms with Crippen LogP contribution in [0.3, 0.4) is 0 Å². The van der Waals surface area contributed by atoms with E-state index in [9.17, 15) is 14.4 Å². The summed E-state index contributed by atoms with van der Waals surface area (Å²) >= 11 is 0. The second kappa shape index (κ2) is 6.82. The van der Waals surface area contributed by atoms with Crippen LogP contribution in [0.2, 0.25) is 0 Å². The molecule has 0 spiro atoms. The molecule has 172 valence electrons. The van der Waals surface area contributed by atoms with E-state index in [0.717, 1.165) is 37.7 Å². The van der Waals surface area contributed by atoms with Crippen LogP contribution in [0, 0.1) is 34.0 Å². The van der Waals surface area contributed by atoms with Crippen molar-refractivity contribution in [3.8, 4) is 0 Å². The molecule has 0 bridgehead atoms. The number of primary amides is 1. The Kier molecular flexibility index (Phi) is 4.92. The van der Waals surface area contributed by atoms with E-state index in [2.05, 4.69) is 19.2 Å². The Labute approximate surface area is 185 Å². The molecule has 5 N–H and O–H groups in total. The smallest absolute Gasteiger partial charge is 0.224 e. The van der Waals surface area contributed by atoms with E-state index in [4.69, 9.17) is 11.5 Å². The Morgan fingerprint density at radius 1 is 1.00 bits per heavy atom. The van der Waals surface area contributed by atoms with Gasteiger partial charge in [-0.25, -0.2) is 0 Å². The summed E-state index contributed by atoms with van der Waals surface area (Å²) in [7, 11) is 0. The lowest BCUT2D eigenvalue weighted by Crippen LogP contribution is -2.63. The quantitative estimate of drug-likeness (QED) is 0.625. The summed E-state index contributed by atoms with van der Waals surface area (Å²) in [4.78, 5) is 38.8. The van der Waals surface area contributed by atoms with Crippen LogP contribution in [-0.4, -0.2) is 23.1 Å². The standard InChI is InChI=1S/C25H39N3O3/c1-22(2,3)28-20(30)15-6-7-17-24(15,5)12-10-18-23(4)11-9-16(29)19(26)14(23)8-13-25(17,18)21(27)31/h15,17-18H,6-13,26H2,1-5H3,(H2,27,31)(H,28,30)/t15?,17-,18+,23+,24-,25-/m1/s1. The number of rotatable bonds is 2. The molecule has 6 heteroatoms. The predicted molar refractivity (Wildman–Crippen MR) is 119 cm³/mol. The van der Waals surface area contributed by atoms with Gasteiger partial charge in [-0.1, -0.05) is 13.8 Å². The van der Waals surface area contributed by atoms with Crippen LogP contribution in [-0.2, 0) is 14.4 Å². The van der Waals surface area contributed by atoms with E-state index in [1.807, 2.05) is 20.8 Å². The van der Waals surface area contributed by atoms with Crippen LogP contribution in [0.15, 0.2) is 11.3 Å².